The number of carbonyl (C=O) groups is 1. The van der Waals surface area contributed by atoms with Crippen LogP contribution in [0.25, 0.3) is 6.08 Å². The third-order valence-electron chi connectivity index (χ3n) is 5.29. The van der Waals surface area contributed by atoms with Crippen molar-refractivity contribution in [2.75, 3.05) is 7.11 Å². The Morgan fingerprint density at radius 2 is 1.59 bits per heavy atom. The molecule has 1 amide bonds. The van der Waals surface area contributed by atoms with Crippen LogP contribution >= 0.6 is 0 Å². The lowest BCUT2D eigenvalue weighted by atomic mass is 10.0. The van der Waals surface area contributed by atoms with Crippen LogP contribution in [0.3, 0.4) is 0 Å². The highest BCUT2D eigenvalue weighted by Crippen LogP contribution is 2.38. The van der Waals surface area contributed by atoms with Gasteiger partial charge in [0.25, 0.3) is 10.0 Å². The number of methoxy groups -OCH3 is 1. The molecule has 1 saturated heterocycles. The van der Waals surface area contributed by atoms with E-state index in [1.807, 2.05) is 37.3 Å². The summed E-state index contributed by atoms with van der Waals surface area (Å²) in [5.74, 6) is 0.729. The molecule has 1 heterocycles. The predicted molar refractivity (Wildman–Crippen MR) is 122 cm³/mol. The van der Waals surface area contributed by atoms with Crippen LogP contribution < -0.4 is 4.74 Å². The summed E-state index contributed by atoms with van der Waals surface area (Å²) >= 11 is 0. The Morgan fingerprint density at radius 1 is 0.938 bits per heavy atom. The molecule has 164 valence electrons. The van der Waals surface area contributed by atoms with Crippen LogP contribution in [0.4, 0.5) is 4.79 Å². The fraction of sp³-hybridized carbons (Fsp3) is 0.160. The van der Waals surface area contributed by atoms with Crippen molar-refractivity contribution in [2.24, 2.45) is 0 Å². The van der Waals surface area contributed by atoms with Gasteiger partial charge in [-0.15, -0.1) is 0 Å². The minimum Gasteiger partial charge on any atom is -0.497 e. The second-order valence-corrected chi connectivity index (χ2v) is 9.27. The molecule has 0 bridgehead atoms. The number of hydrogen-bond donors (Lipinski definition) is 0. The van der Waals surface area contributed by atoms with Gasteiger partial charge in [0.1, 0.15) is 17.9 Å². The summed E-state index contributed by atoms with van der Waals surface area (Å²) in [6.07, 6.45) is 1.83. The molecule has 1 fully saturated rings. The number of sulfonamides is 1. The van der Waals surface area contributed by atoms with Gasteiger partial charge in [0.05, 0.1) is 12.0 Å². The van der Waals surface area contributed by atoms with E-state index in [2.05, 4.69) is 0 Å². The number of ether oxygens (including phenoxy) is 2. The number of cyclic esters (lactones) is 1. The molecule has 6 nitrogen and oxygen atoms in total. The van der Waals surface area contributed by atoms with Gasteiger partial charge in [-0.25, -0.2) is 13.2 Å². The summed E-state index contributed by atoms with van der Waals surface area (Å²) in [6, 6.07) is 22.0. The van der Waals surface area contributed by atoms with Gasteiger partial charge < -0.3 is 9.47 Å². The smallest absolute Gasteiger partial charge is 0.425 e. The lowest BCUT2D eigenvalue weighted by Crippen LogP contribution is -2.35. The number of benzene rings is 3. The van der Waals surface area contributed by atoms with E-state index in [1.165, 1.54) is 12.1 Å². The van der Waals surface area contributed by atoms with Crippen LogP contribution in [-0.4, -0.2) is 32.0 Å². The molecule has 1 aliphatic heterocycles. The van der Waals surface area contributed by atoms with Crippen LogP contribution in [0, 0.1) is 6.92 Å². The maximum absolute atomic E-state index is 13.4. The number of aryl methyl sites for hydroxylation is 1. The second-order valence-electron chi connectivity index (χ2n) is 7.45. The Kier molecular flexibility index (Phi) is 6.01. The number of amides is 1. The van der Waals surface area contributed by atoms with Crippen molar-refractivity contribution in [3.63, 3.8) is 0 Å². The van der Waals surface area contributed by atoms with Gasteiger partial charge in [0, 0.05) is 0 Å². The Bertz CT molecular complexity index is 1220. The summed E-state index contributed by atoms with van der Waals surface area (Å²) in [6.45, 7) is 1.87. The average molecular weight is 450 g/mol. The van der Waals surface area contributed by atoms with E-state index in [1.54, 1.807) is 55.7 Å². The summed E-state index contributed by atoms with van der Waals surface area (Å²) in [5.41, 5.74) is 2.46. The molecule has 0 unspecified atom stereocenters. The summed E-state index contributed by atoms with van der Waals surface area (Å²) in [5, 5.41) is 0. The third-order valence-corrected chi connectivity index (χ3v) is 7.06. The van der Waals surface area contributed by atoms with Gasteiger partial charge in [-0.1, -0.05) is 66.2 Å². The molecule has 3 aromatic rings. The Hall–Kier alpha value is -3.58. The molecule has 2 atom stereocenters. The highest BCUT2D eigenvalue weighted by atomic mass is 32.2. The summed E-state index contributed by atoms with van der Waals surface area (Å²) in [4.78, 5) is 12.9. The number of hydrogen-bond acceptors (Lipinski definition) is 5. The van der Waals surface area contributed by atoms with Gasteiger partial charge in [-0.05, 0) is 48.4 Å². The van der Waals surface area contributed by atoms with E-state index in [0.717, 1.165) is 21.2 Å². The zero-order valence-corrected chi connectivity index (χ0v) is 18.5. The van der Waals surface area contributed by atoms with Gasteiger partial charge in [-0.3, -0.25) is 0 Å². The number of carbonyl (C=O) groups excluding carboxylic acids is 1. The molecule has 0 spiro atoms. The van der Waals surface area contributed by atoms with E-state index < -0.39 is 28.3 Å². The van der Waals surface area contributed by atoms with Crippen molar-refractivity contribution in [1.29, 1.82) is 0 Å². The fourth-order valence-electron chi connectivity index (χ4n) is 3.59. The zero-order chi connectivity index (χ0) is 22.7. The molecule has 7 heteroatoms. The first kappa shape index (κ1) is 21.6. The number of nitrogens with zero attached hydrogens (tertiary/aromatic N) is 1. The SMILES string of the molecule is COc1ccc(/C=C/[C@H]2OC(=O)N(S(=O)(=O)c3ccc(C)cc3)[C@@H]2c2ccccc2)cc1. The second kappa shape index (κ2) is 8.88. The largest absolute Gasteiger partial charge is 0.497 e. The van der Waals surface area contributed by atoms with Crippen molar-refractivity contribution >= 4 is 22.2 Å². The molecule has 0 N–H and O–H groups in total. The van der Waals surface area contributed by atoms with Gasteiger partial charge in [0.15, 0.2) is 0 Å². The molecule has 0 saturated carbocycles. The first-order valence-electron chi connectivity index (χ1n) is 10.1. The third kappa shape index (κ3) is 4.24. The van der Waals surface area contributed by atoms with Crippen molar-refractivity contribution < 1.29 is 22.7 Å². The molecule has 0 aromatic heterocycles. The molecular weight excluding hydrogens is 426 g/mol. The van der Waals surface area contributed by atoms with Crippen molar-refractivity contribution in [3.8, 4) is 5.75 Å². The lowest BCUT2D eigenvalue weighted by Gasteiger charge is -2.23. The van der Waals surface area contributed by atoms with Crippen LogP contribution in [0.2, 0.25) is 0 Å². The van der Waals surface area contributed by atoms with Crippen LogP contribution in [0.5, 0.6) is 5.75 Å². The average Bonchev–Trinajstić information content (AvgIpc) is 3.15. The molecule has 0 aliphatic carbocycles. The van der Waals surface area contributed by atoms with Crippen LogP contribution in [0.1, 0.15) is 22.7 Å². The van der Waals surface area contributed by atoms with Crippen LogP contribution in [0.15, 0.2) is 89.8 Å². The molecule has 1 aliphatic rings. The standard InChI is InChI=1S/C25H23NO5S/c1-18-8-15-22(16-9-18)32(28,29)26-24(20-6-4-3-5-7-20)23(31-25(26)27)17-12-19-10-13-21(30-2)14-11-19/h3-17,23-24H,1-2H3/b17-12+/t23-,24-/m1/s1. The van der Waals surface area contributed by atoms with E-state index in [-0.39, 0.29) is 4.90 Å². The van der Waals surface area contributed by atoms with E-state index in [4.69, 9.17) is 9.47 Å². The van der Waals surface area contributed by atoms with Gasteiger partial charge in [-0.2, -0.15) is 4.31 Å². The predicted octanol–water partition coefficient (Wildman–Crippen LogP) is 4.97. The fourth-order valence-corrected chi connectivity index (χ4v) is 5.08. The zero-order valence-electron chi connectivity index (χ0n) is 17.7. The summed E-state index contributed by atoms with van der Waals surface area (Å²) in [7, 11) is -2.52. The minimum absolute atomic E-state index is 0.0424. The molecule has 32 heavy (non-hydrogen) atoms. The first-order chi connectivity index (χ1) is 15.4. The quantitative estimate of drug-likeness (QED) is 0.531. The van der Waals surface area contributed by atoms with Gasteiger partial charge in [0.2, 0.25) is 0 Å². The first-order valence-corrected chi connectivity index (χ1v) is 11.5. The Morgan fingerprint density at radius 3 is 2.22 bits per heavy atom. The van der Waals surface area contributed by atoms with Crippen LogP contribution in [-0.2, 0) is 14.8 Å². The van der Waals surface area contributed by atoms with Gasteiger partial charge >= 0.3 is 6.09 Å². The number of rotatable bonds is 6. The van der Waals surface area contributed by atoms with Crippen molar-refractivity contribution in [3.05, 3.63) is 102 Å². The maximum atomic E-state index is 13.4. The van der Waals surface area contributed by atoms with Crippen molar-refractivity contribution in [2.45, 2.75) is 24.0 Å². The van der Waals surface area contributed by atoms with E-state index in [9.17, 15) is 13.2 Å². The molecule has 0 radical (unpaired) electrons. The van der Waals surface area contributed by atoms with Crippen molar-refractivity contribution in [1.82, 2.24) is 4.31 Å². The molecule has 3 aromatic carbocycles. The molecular formula is C25H23NO5S. The maximum Gasteiger partial charge on any atom is 0.425 e. The highest BCUT2D eigenvalue weighted by Gasteiger charge is 2.48. The summed E-state index contributed by atoms with van der Waals surface area (Å²) < 4.78 is 38.4. The van der Waals surface area contributed by atoms with E-state index >= 15 is 0 Å². The highest BCUT2D eigenvalue weighted by molar-refractivity contribution is 7.89. The molecule has 4 rings (SSSR count). The lowest BCUT2D eigenvalue weighted by molar-refractivity contribution is 0.151. The Balaban J connectivity index is 1.72. The monoisotopic (exact) mass is 449 g/mol. The Labute approximate surface area is 187 Å². The normalized spacial score (nSPS) is 18.7. The topological polar surface area (TPSA) is 72.9 Å². The minimum atomic E-state index is -4.12. The van der Waals surface area contributed by atoms with E-state index in [0.29, 0.717) is 5.56 Å².